The first kappa shape index (κ1) is 9.99. The molecule has 3 aliphatic carbocycles. The van der Waals surface area contributed by atoms with Crippen LogP contribution in [0.3, 0.4) is 0 Å². The predicted molar refractivity (Wildman–Crippen MR) is 65.8 cm³/mol. The molecule has 0 heterocycles. The first-order chi connectivity index (χ1) is 8.33. The summed E-state index contributed by atoms with van der Waals surface area (Å²) in [7, 11) is 0. The van der Waals surface area contributed by atoms with Gasteiger partial charge in [0.05, 0.1) is 0 Å². The van der Waals surface area contributed by atoms with Gasteiger partial charge in [0.2, 0.25) is 0 Å². The SMILES string of the molecule is Fc1ccc([C+]2C[C@@H]3C[C@H]2[C@H]2CCC[C@@H]32)cc1. The summed E-state index contributed by atoms with van der Waals surface area (Å²) in [4.78, 5) is 0. The normalized spacial score (nSPS) is 38.8. The summed E-state index contributed by atoms with van der Waals surface area (Å²) in [6.45, 7) is 0. The van der Waals surface area contributed by atoms with Crippen molar-refractivity contribution in [2.45, 2.75) is 32.1 Å². The zero-order valence-corrected chi connectivity index (χ0v) is 10.0. The van der Waals surface area contributed by atoms with Gasteiger partial charge in [0, 0.05) is 42.5 Å². The van der Waals surface area contributed by atoms with Crippen LogP contribution < -0.4 is 0 Å². The van der Waals surface area contributed by atoms with Gasteiger partial charge < -0.3 is 0 Å². The summed E-state index contributed by atoms with van der Waals surface area (Å²) < 4.78 is 13.0. The second-order valence-electron chi connectivity index (χ2n) is 6.10. The van der Waals surface area contributed by atoms with Crippen LogP contribution in [-0.2, 0) is 0 Å². The topological polar surface area (TPSA) is 0 Å². The third-order valence-electron chi connectivity index (χ3n) is 5.45. The van der Waals surface area contributed by atoms with E-state index in [-0.39, 0.29) is 5.82 Å². The van der Waals surface area contributed by atoms with Crippen LogP contribution in [0.2, 0.25) is 0 Å². The smallest absolute Gasteiger partial charge is 0.149 e. The highest BCUT2D eigenvalue weighted by molar-refractivity contribution is 5.37. The van der Waals surface area contributed by atoms with Crippen molar-refractivity contribution < 1.29 is 4.39 Å². The molecule has 3 aliphatic rings. The Morgan fingerprint density at radius 2 is 1.82 bits per heavy atom. The Balaban J connectivity index is 1.63. The Hall–Kier alpha value is -0.980. The number of rotatable bonds is 1. The summed E-state index contributed by atoms with van der Waals surface area (Å²) in [5, 5.41) is 0. The lowest BCUT2D eigenvalue weighted by molar-refractivity contribution is 0.285. The van der Waals surface area contributed by atoms with Crippen LogP contribution in [-0.4, -0.2) is 0 Å². The average molecular weight is 229 g/mol. The second kappa shape index (κ2) is 3.51. The molecule has 0 radical (unpaired) electrons. The quantitative estimate of drug-likeness (QED) is 0.633. The van der Waals surface area contributed by atoms with Crippen molar-refractivity contribution in [2.75, 3.05) is 0 Å². The number of hydrogen-bond donors (Lipinski definition) is 0. The number of halogens is 1. The van der Waals surface area contributed by atoms with Gasteiger partial charge in [-0.2, -0.15) is 0 Å². The van der Waals surface area contributed by atoms with E-state index in [2.05, 4.69) is 0 Å². The Morgan fingerprint density at radius 1 is 1.06 bits per heavy atom. The van der Waals surface area contributed by atoms with Crippen molar-refractivity contribution in [3.05, 3.63) is 41.6 Å². The first-order valence-corrected chi connectivity index (χ1v) is 6.94. The first-order valence-electron chi connectivity index (χ1n) is 6.94. The molecule has 1 aromatic rings. The monoisotopic (exact) mass is 229 g/mol. The minimum atomic E-state index is -0.115. The van der Waals surface area contributed by atoms with Crippen LogP contribution in [0.25, 0.3) is 0 Å². The molecule has 17 heavy (non-hydrogen) atoms. The minimum absolute atomic E-state index is 0.115. The summed E-state index contributed by atoms with van der Waals surface area (Å²) in [6.07, 6.45) is 7.07. The highest BCUT2D eigenvalue weighted by Crippen LogP contribution is 2.63. The molecular formula is C16H18F+. The molecule has 0 aromatic heterocycles. The van der Waals surface area contributed by atoms with E-state index < -0.39 is 0 Å². The van der Waals surface area contributed by atoms with Crippen molar-refractivity contribution in [1.82, 2.24) is 0 Å². The molecule has 0 amide bonds. The molecular weight excluding hydrogens is 211 g/mol. The molecule has 0 N–H and O–H groups in total. The van der Waals surface area contributed by atoms with Crippen molar-refractivity contribution >= 4 is 0 Å². The zero-order chi connectivity index (χ0) is 11.4. The van der Waals surface area contributed by atoms with Crippen LogP contribution in [0.1, 0.15) is 37.7 Å². The fraction of sp³-hybridized carbons (Fsp3) is 0.562. The summed E-state index contributed by atoms with van der Waals surface area (Å²) in [6, 6.07) is 7.19. The van der Waals surface area contributed by atoms with E-state index in [0.717, 1.165) is 23.7 Å². The maximum atomic E-state index is 13.0. The van der Waals surface area contributed by atoms with E-state index in [1.807, 2.05) is 12.1 Å². The second-order valence-corrected chi connectivity index (χ2v) is 6.10. The van der Waals surface area contributed by atoms with Gasteiger partial charge in [-0.3, -0.25) is 0 Å². The van der Waals surface area contributed by atoms with Gasteiger partial charge in [-0.05, 0) is 37.0 Å². The van der Waals surface area contributed by atoms with Crippen molar-refractivity contribution in [1.29, 1.82) is 0 Å². The van der Waals surface area contributed by atoms with E-state index >= 15 is 0 Å². The molecule has 2 bridgehead atoms. The van der Waals surface area contributed by atoms with Crippen LogP contribution in [0, 0.1) is 35.4 Å². The molecule has 88 valence electrons. The van der Waals surface area contributed by atoms with Crippen LogP contribution >= 0.6 is 0 Å². The van der Waals surface area contributed by atoms with E-state index in [9.17, 15) is 4.39 Å². The van der Waals surface area contributed by atoms with Crippen molar-refractivity contribution in [3.63, 3.8) is 0 Å². The van der Waals surface area contributed by atoms with Crippen molar-refractivity contribution in [2.24, 2.45) is 23.7 Å². The van der Waals surface area contributed by atoms with Gasteiger partial charge in [0.25, 0.3) is 0 Å². The molecule has 0 unspecified atom stereocenters. The molecule has 4 atom stereocenters. The molecule has 1 aromatic carbocycles. The van der Waals surface area contributed by atoms with E-state index in [0.29, 0.717) is 0 Å². The minimum Gasteiger partial charge on any atom is -0.204 e. The third kappa shape index (κ3) is 1.38. The molecule has 1 heteroatoms. The fourth-order valence-corrected chi connectivity index (χ4v) is 4.84. The van der Waals surface area contributed by atoms with Gasteiger partial charge in [-0.25, -0.2) is 4.39 Å². The number of benzene rings is 1. The van der Waals surface area contributed by atoms with E-state index in [1.54, 1.807) is 18.1 Å². The Kier molecular flexibility index (Phi) is 2.06. The molecule has 3 fully saturated rings. The molecule has 4 rings (SSSR count). The lowest BCUT2D eigenvalue weighted by Crippen LogP contribution is -2.23. The maximum Gasteiger partial charge on any atom is 0.149 e. The highest BCUT2D eigenvalue weighted by atomic mass is 19.1. The van der Waals surface area contributed by atoms with Crippen LogP contribution in [0.4, 0.5) is 4.39 Å². The van der Waals surface area contributed by atoms with Gasteiger partial charge in [-0.1, -0.05) is 6.42 Å². The van der Waals surface area contributed by atoms with Crippen molar-refractivity contribution in [3.8, 4) is 0 Å². The Labute approximate surface area is 102 Å². The Morgan fingerprint density at radius 3 is 2.65 bits per heavy atom. The molecule has 0 saturated heterocycles. The van der Waals surface area contributed by atoms with Gasteiger partial charge in [0.15, 0.2) is 0 Å². The van der Waals surface area contributed by atoms with E-state index in [1.165, 1.54) is 37.7 Å². The lowest BCUT2D eigenvalue weighted by Gasteiger charge is -2.27. The lowest BCUT2D eigenvalue weighted by atomic mass is 9.73. The fourth-order valence-electron chi connectivity index (χ4n) is 4.84. The predicted octanol–water partition coefficient (Wildman–Crippen LogP) is 4.20. The van der Waals surface area contributed by atoms with Crippen LogP contribution in [0.5, 0.6) is 0 Å². The summed E-state index contributed by atoms with van der Waals surface area (Å²) >= 11 is 0. The summed E-state index contributed by atoms with van der Waals surface area (Å²) in [5.41, 5.74) is 1.31. The number of fused-ring (bicyclic) bond motifs is 5. The summed E-state index contributed by atoms with van der Waals surface area (Å²) in [5.74, 6) is 5.30. The van der Waals surface area contributed by atoms with Gasteiger partial charge in [-0.15, -0.1) is 0 Å². The van der Waals surface area contributed by atoms with E-state index in [4.69, 9.17) is 0 Å². The van der Waals surface area contributed by atoms with Crippen LogP contribution in [0.15, 0.2) is 24.3 Å². The maximum absolute atomic E-state index is 13.0. The molecule has 0 aliphatic heterocycles. The molecule has 0 nitrogen and oxygen atoms in total. The Bertz CT molecular complexity index is 422. The zero-order valence-electron chi connectivity index (χ0n) is 10.0. The molecule has 3 saturated carbocycles. The number of hydrogen-bond acceptors (Lipinski definition) is 0. The molecule has 0 spiro atoms. The largest absolute Gasteiger partial charge is 0.204 e. The highest BCUT2D eigenvalue weighted by Gasteiger charge is 2.57. The van der Waals surface area contributed by atoms with Gasteiger partial charge in [0.1, 0.15) is 11.4 Å². The average Bonchev–Trinajstić information content (AvgIpc) is 3.02. The standard InChI is InChI=1S/C16H18F/c17-12-6-4-10(5-7-12)15-8-11-9-16(15)14-3-1-2-13(11)14/h4-7,11,13-14,16H,1-3,8-9H2/q+1/t11-,13+,14+,16+/m1/s1. The third-order valence-corrected chi connectivity index (χ3v) is 5.45. The van der Waals surface area contributed by atoms with Gasteiger partial charge >= 0.3 is 0 Å².